The number of hydrogen-bond donors (Lipinski definition) is 2. The van der Waals surface area contributed by atoms with Crippen molar-refractivity contribution in [2.75, 3.05) is 32.7 Å². The van der Waals surface area contributed by atoms with Gasteiger partial charge in [0.1, 0.15) is 6.73 Å². The highest BCUT2D eigenvalue weighted by atomic mass is 32.1. The van der Waals surface area contributed by atoms with E-state index in [0.717, 1.165) is 25.3 Å². The van der Waals surface area contributed by atoms with Gasteiger partial charge in [0, 0.05) is 27.4 Å². The van der Waals surface area contributed by atoms with Crippen molar-refractivity contribution in [3.63, 3.8) is 0 Å². The van der Waals surface area contributed by atoms with Gasteiger partial charge in [0.2, 0.25) is 0 Å². The van der Waals surface area contributed by atoms with Gasteiger partial charge in [0.05, 0.1) is 18.1 Å². The standard InChI is InChI=1S/C10H18N4O2S/c1-15-5-3-4-11-10(17)13-9-6-12-14(7-9)8-16-2/h6-7H,3-5,8H2,1-2H3,(H2,11,13,17). The first-order valence-electron chi connectivity index (χ1n) is 5.31. The summed E-state index contributed by atoms with van der Waals surface area (Å²) in [4.78, 5) is 0. The van der Waals surface area contributed by atoms with E-state index in [9.17, 15) is 0 Å². The van der Waals surface area contributed by atoms with Crippen molar-refractivity contribution in [3.05, 3.63) is 12.4 Å². The highest BCUT2D eigenvalue weighted by Gasteiger charge is 2.00. The largest absolute Gasteiger partial charge is 0.385 e. The molecule has 0 fully saturated rings. The molecule has 7 heteroatoms. The van der Waals surface area contributed by atoms with E-state index in [-0.39, 0.29) is 0 Å². The van der Waals surface area contributed by atoms with Crippen LogP contribution in [-0.4, -0.2) is 42.3 Å². The SMILES string of the molecule is COCCCNC(=S)Nc1cnn(COC)c1. The number of rotatable bonds is 7. The van der Waals surface area contributed by atoms with Crippen LogP contribution >= 0.6 is 12.2 Å². The molecule has 0 amide bonds. The molecule has 0 bridgehead atoms. The lowest BCUT2D eigenvalue weighted by molar-refractivity contribution is 0.120. The molecule has 0 radical (unpaired) electrons. The summed E-state index contributed by atoms with van der Waals surface area (Å²) in [5.41, 5.74) is 0.839. The fraction of sp³-hybridized carbons (Fsp3) is 0.600. The molecule has 96 valence electrons. The molecular formula is C10H18N4O2S. The zero-order valence-electron chi connectivity index (χ0n) is 10.1. The first-order valence-corrected chi connectivity index (χ1v) is 5.72. The summed E-state index contributed by atoms with van der Waals surface area (Å²) in [6.07, 6.45) is 4.44. The molecule has 0 aliphatic heterocycles. The van der Waals surface area contributed by atoms with Gasteiger partial charge in [-0.1, -0.05) is 0 Å². The number of ether oxygens (including phenoxy) is 2. The first-order chi connectivity index (χ1) is 8.26. The molecule has 17 heavy (non-hydrogen) atoms. The smallest absolute Gasteiger partial charge is 0.170 e. The summed E-state index contributed by atoms with van der Waals surface area (Å²) >= 11 is 5.13. The second-order valence-corrected chi connectivity index (χ2v) is 3.82. The molecule has 1 aromatic heterocycles. The topological polar surface area (TPSA) is 60.3 Å². The van der Waals surface area contributed by atoms with Crippen LogP contribution in [0.25, 0.3) is 0 Å². The van der Waals surface area contributed by atoms with Crippen molar-refractivity contribution in [1.82, 2.24) is 15.1 Å². The maximum absolute atomic E-state index is 5.13. The molecule has 0 saturated heterocycles. The van der Waals surface area contributed by atoms with Crippen molar-refractivity contribution in [2.45, 2.75) is 13.2 Å². The monoisotopic (exact) mass is 258 g/mol. The highest BCUT2D eigenvalue weighted by molar-refractivity contribution is 7.80. The van der Waals surface area contributed by atoms with Gasteiger partial charge >= 0.3 is 0 Å². The van der Waals surface area contributed by atoms with E-state index in [4.69, 9.17) is 21.7 Å². The minimum absolute atomic E-state index is 0.426. The molecule has 6 nitrogen and oxygen atoms in total. The van der Waals surface area contributed by atoms with Crippen molar-refractivity contribution >= 4 is 23.0 Å². The van der Waals surface area contributed by atoms with Crippen LogP contribution in [-0.2, 0) is 16.2 Å². The molecular weight excluding hydrogens is 240 g/mol. The van der Waals surface area contributed by atoms with Crippen LogP contribution in [0.2, 0.25) is 0 Å². The summed E-state index contributed by atoms with van der Waals surface area (Å²) < 4.78 is 11.6. The van der Waals surface area contributed by atoms with E-state index < -0.39 is 0 Å². The summed E-state index contributed by atoms with van der Waals surface area (Å²) in [5, 5.41) is 10.8. The molecule has 1 rings (SSSR count). The fourth-order valence-electron chi connectivity index (χ4n) is 1.22. The van der Waals surface area contributed by atoms with Gasteiger partial charge in [-0.3, -0.25) is 0 Å². The van der Waals surface area contributed by atoms with Crippen LogP contribution in [0.3, 0.4) is 0 Å². The van der Waals surface area contributed by atoms with E-state index in [0.29, 0.717) is 11.8 Å². The average molecular weight is 258 g/mol. The third-order valence-electron chi connectivity index (χ3n) is 1.96. The summed E-state index contributed by atoms with van der Waals surface area (Å²) in [5.74, 6) is 0. The van der Waals surface area contributed by atoms with E-state index in [1.165, 1.54) is 0 Å². The Balaban J connectivity index is 2.24. The summed E-state index contributed by atoms with van der Waals surface area (Å²) in [6, 6.07) is 0. The van der Waals surface area contributed by atoms with Crippen LogP contribution < -0.4 is 10.6 Å². The third-order valence-corrected chi connectivity index (χ3v) is 2.21. The number of aromatic nitrogens is 2. The lowest BCUT2D eigenvalue weighted by Crippen LogP contribution is -2.29. The van der Waals surface area contributed by atoms with E-state index >= 15 is 0 Å². The predicted molar refractivity (Wildman–Crippen MR) is 70.0 cm³/mol. The van der Waals surface area contributed by atoms with Crippen molar-refractivity contribution < 1.29 is 9.47 Å². The van der Waals surface area contributed by atoms with E-state index in [2.05, 4.69) is 15.7 Å². The van der Waals surface area contributed by atoms with Crippen LogP contribution in [0.1, 0.15) is 6.42 Å². The Kier molecular flexibility index (Phi) is 6.53. The highest BCUT2D eigenvalue weighted by Crippen LogP contribution is 2.04. The summed E-state index contributed by atoms with van der Waals surface area (Å²) in [7, 11) is 3.30. The van der Waals surface area contributed by atoms with Crippen molar-refractivity contribution in [3.8, 4) is 0 Å². The van der Waals surface area contributed by atoms with Gasteiger partial charge in [0.25, 0.3) is 0 Å². The molecule has 0 saturated carbocycles. The predicted octanol–water partition coefficient (Wildman–Crippen LogP) is 0.810. The third kappa shape index (κ3) is 5.62. The van der Waals surface area contributed by atoms with Crippen molar-refractivity contribution in [2.24, 2.45) is 0 Å². The van der Waals surface area contributed by atoms with Crippen LogP contribution in [0, 0.1) is 0 Å². The Morgan fingerprint density at radius 2 is 2.29 bits per heavy atom. The zero-order valence-corrected chi connectivity index (χ0v) is 10.9. The lowest BCUT2D eigenvalue weighted by atomic mass is 10.4. The maximum Gasteiger partial charge on any atom is 0.170 e. The zero-order chi connectivity index (χ0) is 12.5. The number of thiocarbonyl (C=S) groups is 1. The second kappa shape index (κ2) is 7.99. The molecule has 0 aliphatic rings. The second-order valence-electron chi connectivity index (χ2n) is 3.41. The van der Waals surface area contributed by atoms with Crippen LogP contribution in [0.5, 0.6) is 0 Å². The Hall–Kier alpha value is -1.18. The van der Waals surface area contributed by atoms with Crippen LogP contribution in [0.4, 0.5) is 5.69 Å². The quantitative estimate of drug-likeness (QED) is 0.557. The minimum atomic E-state index is 0.426. The molecule has 0 aromatic carbocycles. The van der Waals surface area contributed by atoms with E-state index in [1.54, 1.807) is 25.1 Å². The molecule has 1 aromatic rings. The van der Waals surface area contributed by atoms with Gasteiger partial charge in [-0.25, -0.2) is 4.68 Å². The Bertz CT molecular complexity index is 343. The van der Waals surface area contributed by atoms with Gasteiger partial charge in [-0.05, 0) is 18.6 Å². The summed E-state index contributed by atoms with van der Waals surface area (Å²) in [6.45, 7) is 1.93. The maximum atomic E-state index is 5.13. The molecule has 0 atom stereocenters. The Labute approximate surface area is 106 Å². The molecule has 2 N–H and O–H groups in total. The minimum Gasteiger partial charge on any atom is -0.385 e. The Morgan fingerprint density at radius 1 is 1.47 bits per heavy atom. The first kappa shape index (κ1) is 13.9. The number of anilines is 1. The van der Waals surface area contributed by atoms with Gasteiger partial charge in [0.15, 0.2) is 5.11 Å². The van der Waals surface area contributed by atoms with E-state index in [1.807, 2.05) is 6.20 Å². The molecule has 0 aliphatic carbocycles. The number of hydrogen-bond acceptors (Lipinski definition) is 4. The van der Waals surface area contributed by atoms with Crippen molar-refractivity contribution in [1.29, 1.82) is 0 Å². The lowest BCUT2D eigenvalue weighted by Gasteiger charge is -2.08. The average Bonchev–Trinajstić information content (AvgIpc) is 2.73. The molecule has 0 unspecified atom stereocenters. The number of nitrogens with one attached hydrogen (secondary N) is 2. The normalized spacial score (nSPS) is 10.2. The van der Waals surface area contributed by atoms with Gasteiger partial charge < -0.3 is 20.1 Å². The number of methoxy groups -OCH3 is 2. The fourth-order valence-corrected chi connectivity index (χ4v) is 1.44. The molecule has 0 spiro atoms. The Morgan fingerprint density at radius 3 is 3.00 bits per heavy atom. The van der Waals surface area contributed by atoms with Gasteiger partial charge in [-0.15, -0.1) is 0 Å². The van der Waals surface area contributed by atoms with Gasteiger partial charge in [-0.2, -0.15) is 5.10 Å². The van der Waals surface area contributed by atoms with Crippen LogP contribution in [0.15, 0.2) is 12.4 Å². The molecule has 1 heterocycles. The number of nitrogens with zero attached hydrogens (tertiary/aromatic N) is 2.